The molecule has 1 aliphatic rings. The predicted octanol–water partition coefficient (Wildman–Crippen LogP) is 2.72. The third kappa shape index (κ3) is 8.92. The minimum atomic E-state index is -1.03. The molecule has 0 bridgehead atoms. The summed E-state index contributed by atoms with van der Waals surface area (Å²) in [5.41, 5.74) is -0.489. The molecule has 0 spiro atoms. The van der Waals surface area contributed by atoms with Crippen LogP contribution in [0.3, 0.4) is 0 Å². The first-order valence-electron chi connectivity index (χ1n) is 9.45. The first-order valence-corrected chi connectivity index (χ1v) is 9.45. The van der Waals surface area contributed by atoms with Gasteiger partial charge in [-0.25, -0.2) is 9.59 Å². The Labute approximate surface area is 155 Å². The highest BCUT2D eigenvalue weighted by atomic mass is 16.6. The summed E-state index contributed by atoms with van der Waals surface area (Å²) in [5.74, 6) is -0.196. The van der Waals surface area contributed by atoms with Gasteiger partial charge in [0.15, 0.2) is 0 Å². The number of piperidine rings is 1. The van der Waals surface area contributed by atoms with Crippen LogP contribution in [0.2, 0.25) is 0 Å². The van der Waals surface area contributed by atoms with Crippen LogP contribution in [0.15, 0.2) is 0 Å². The van der Waals surface area contributed by atoms with Crippen LogP contribution in [-0.4, -0.2) is 59.4 Å². The van der Waals surface area contributed by atoms with Crippen LogP contribution in [0.25, 0.3) is 0 Å². The largest absolute Gasteiger partial charge is 0.465 e. The fourth-order valence-corrected chi connectivity index (χ4v) is 2.87. The smallest absolute Gasteiger partial charge is 0.407 e. The van der Waals surface area contributed by atoms with E-state index in [9.17, 15) is 14.4 Å². The van der Waals surface area contributed by atoms with E-state index in [0.717, 1.165) is 38.5 Å². The summed E-state index contributed by atoms with van der Waals surface area (Å²) in [6.45, 7) is 7.01. The average molecular weight is 371 g/mol. The van der Waals surface area contributed by atoms with Crippen LogP contribution in [-0.2, 0) is 9.53 Å². The number of carbonyl (C=O) groups is 3. The van der Waals surface area contributed by atoms with Gasteiger partial charge in [-0.15, -0.1) is 0 Å². The standard InChI is InChI=1S/C18H33N3O5/c1-18(2,3)26-16(23)20-12-8-5-4-7-11-19-15(22)14-10-6-9-13-21(14)17(24)25/h14H,4-13H2,1-3H3,(H,19,22)(H,20,23)(H,24,25). The summed E-state index contributed by atoms with van der Waals surface area (Å²) in [4.78, 5) is 36.0. The Morgan fingerprint density at radius 3 is 2.23 bits per heavy atom. The molecule has 1 unspecified atom stereocenters. The van der Waals surface area contributed by atoms with E-state index in [2.05, 4.69) is 10.6 Å². The van der Waals surface area contributed by atoms with Crippen molar-refractivity contribution in [2.24, 2.45) is 0 Å². The van der Waals surface area contributed by atoms with Crippen LogP contribution < -0.4 is 10.6 Å². The molecule has 3 amide bonds. The number of rotatable bonds is 8. The fraction of sp³-hybridized carbons (Fsp3) is 0.833. The second-order valence-electron chi connectivity index (χ2n) is 7.62. The van der Waals surface area contributed by atoms with E-state index in [1.807, 2.05) is 20.8 Å². The second kappa shape index (κ2) is 10.9. The summed E-state index contributed by atoms with van der Waals surface area (Å²) < 4.78 is 5.15. The molecule has 0 aromatic heterocycles. The zero-order valence-electron chi connectivity index (χ0n) is 16.2. The lowest BCUT2D eigenvalue weighted by Gasteiger charge is -2.32. The maximum Gasteiger partial charge on any atom is 0.407 e. The quantitative estimate of drug-likeness (QED) is 0.569. The van der Waals surface area contributed by atoms with Crippen molar-refractivity contribution < 1.29 is 24.2 Å². The van der Waals surface area contributed by atoms with E-state index < -0.39 is 23.8 Å². The Hall–Kier alpha value is -1.99. The Balaban J connectivity index is 2.07. The number of ether oxygens (including phenoxy) is 1. The van der Waals surface area contributed by atoms with Gasteiger partial charge < -0.3 is 20.5 Å². The van der Waals surface area contributed by atoms with Crippen molar-refractivity contribution in [3.63, 3.8) is 0 Å². The molecule has 0 saturated carbocycles. The molecule has 0 aromatic carbocycles. The first-order chi connectivity index (χ1) is 12.2. The third-order valence-electron chi connectivity index (χ3n) is 4.12. The SMILES string of the molecule is CC(C)(C)OC(=O)NCCCCCCNC(=O)C1CCCCN1C(=O)O. The van der Waals surface area contributed by atoms with Gasteiger partial charge in [0.25, 0.3) is 0 Å². The predicted molar refractivity (Wildman–Crippen MR) is 98.1 cm³/mol. The molecule has 1 fully saturated rings. The van der Waals surface area contributed by atoms with E-state index in [1.54, 1.807) is 0 Å². The number of nitrogens with zero attached hydrogens (tertiary/aromatic N) is 1. The number of alkyl carbamates (subject to hydrolysis) is 1. The molecule has 8 nitrogen and oxygen atoms in total. The van der Waals surface area contributed by atoms with Crippen molar-refractivity contribution in [3.8, 4) is 0 Å². The fourth-order valence-electron chi connectivity index (χ4n) is 2.87. The van der Waals surface area contributed by atoms with Gasteiger partial charge >= 0.3 is 12.2 Å². The van der Waals surface area contributed by atoms with E-state index >= 15 is 0 Å². The average Bonchev–Trinajstić information content (AvgIpc) is 2.55. The molecule has 8 heteroatoms. The third-order valence-corrected chi connectivity index (χ3v) is 4.12. The summed E-state index contributed by atoms with van der Waals surface area (Å²) in [5, 5.41) is 14.7. The zero-order chi connectivity index (χ0) is 19.6. The molecular formula is C18H33N3O5. The van der Waals surface area contributed by atoms with Gasteiger partial charge in [0.05, 0.1) is 0 Å². The van der Waals surface area contributed by atoms with Crippen molar-refractivity contribution in [1.29, 1.82) is 0 Å². The molecule has 150 valence electrons. The van der Waals surface area contributed by atoms with Crippen molar-refractivity contribution in [2.45, 2.75) is 77.4 Å². The molecule has 0 aliphatic carbocycles. The number of unbranched alkanes of at least 4 members (excludes halogenated alkanes) is 3. The van der Waals surface area contributed by atoms with Crippen LogP contribution in [0.5, 0.6) is 0 Å². The lowest BCUT2D eigenvalue weighted by Crippen LogP contribution is -2.51. The molecule has 1 atom stereocenters. The maximum absolute atomic E-state index is 12.2. The Kier molecular flexibility index (Phi) is 9.23. The van der Waals surface area contributed by atoms with Gasteiger partial charge in [-0.1, -0.05) is 12.8 Å². The molecule has 3 N–H and O–H groups in total. The lowest BCUT2D eigenvalue weighted by atomic mass is 10.0. The molecule has 26 heavy (non-hydrogen) atoms. The van der Waals surface area contributed by atoms with Gasteiger partial charge in [0, 0.05) is 19.6 Å². The number of hydrogen-bond acceptors (Lipinski definition) is 4. The molecule has 0 radical (unpaired) electrons. The topological polar surface area (TPSA) is 108 Å². The molecule has 1 heterocycles. The van der Waals surface area contributed by atoms with Crippen LogP contribution in [0.4, 0.5) is 9.59 Å². The highest BCUT2D eigenvalue weighted by Gasteiger charge is 2.31. The van der Waals surface area contributed by atoms with Gasteiger partial charge in [-0.3, -0.25) is 9.69 Å². The van der Waals surface area contributed by atoms with Gasteiger partial charge in [0.2, 0.25) is 5.91 Å². The van der Waals surface area contributed by atoms with E-state index in [0.29, 0.717) is 26.1 Å². The lowest BCUT2D eigenvalue weighted by molar-refractivity contribution is -0.126. The Morgan fingerprint density at radius 1 is 1.04 bits per heavy atom. The number of nitrogens with one attached hydrogen (secondary N) is 2. The Bertz CT molecular complexity index is 476. The van der Waals surface area contributed by atoms with Crippen molar-refractivity contribution in [3.05, 3.63) is 0 Å². The summed E-state index contributed by atoms with van der Waals surface area (Å²) in [7, 11) is 0. The van der Waals surface area contributed by atoms with Crippen LogP contribution in [0, 0.1) is 0 Å². The molecule has 1 aliphatic heterocycles. The number of carboxylic acid groups (broad SMARTS) is 1. The van der Waals surface area contributed by atoms with Crippen LogP contribution in [0.1, 0.15) is 65.7 Å². The summed E-state index contributed by atoms with van der Waals surface area (Å²) in [6, 6.07) is -0.556. The van der Waals surface area contributed by atoms with Crippen molar-refractivity contribution >= 4 is 18.1 Å². The normalized spacial score (nSPS) is 17.5. The van der Waals surface area contributed by atoms with Gasteiger partial charge in [-0.05, 0) is 52.9 Å². The van der Waals surface area contributed by atoms with E-state index in [1.165, 1.54) is 4.90 Å². The minimum Gasteiger partial charge on any atom is -0.465 e. The Morgan fingerprint density at radius 2 is 1.65 bits per heavy atom. The summed E-state index contributed by atoms with van der Waals surface area (Å²) >= 11 is 0. The minimum absolute atomic E-state index is 0.196. The zero-order valence-corrected chi connectivity index (χ0v) is 16.2. The highest BCUT2D eigenvalue weighted by Crippen LogP contribution is 2.17. The van der Waals surface area contributed by atoms with E-state index in [4.69, 9.17) is 9.84 Å². The van der Waals surface area contributed by atoms with Crippen molar-refractivity contribution in [1.82, 2.24) is 15.5 Å². The molecule has 0 aromatic rings. The van der Waals surface area contributed by atoms with Crippen LogP contribution >= 0.6 is 0 Å². The molecular weight excluding hydrogens is 338 g/mol. The monoisotopic (exact) mass is 371 g/mol. The van der Waals surface area contributed by atoms with Gasteiger partial charge in [0.1, 0.15) is 11.6 Å². The number of carbonyl (C=O) groups excluding carboxylic acids is 2. The first kappa shape index (κ1) is 22.1. The molecule has 1 saturated heterocycles. The number of hydrogen-bond donors (Lipinski definition) is 3. The number of amides is 3. The van der Waals surface area contributed by atoms with Crippen molar-refractivity contribution in [2.75, 3.05) is 19.6 Å². The summed E-state index contributed by atoms with van der Waals surface area (Å²) in [6.07, 6.45) is 4.41. The molecule has 1 rings (SSSR count). The van der Waals surface area contributed by atoms with E-state index in [-0.39, 0.29) is 5.91 Å². The van der Waals surface area contributed by atoms with Gasteiger partial charge in [-0.2, -0.15) is 0 Å². The highest BCUT2D eigenvalue weighted by molar-refractivity contribution is 5.85. The number of likely N-dealkylation sites (tertiary alicyclic amines) is 1. The second-order valence-corrected chi connectivity index (χ2v) is 7.62. The maximum atomic E-state index is 12.2.